The summed E-state index contributed by atoms with van der Waals surface area (Å²) in [6.07, 6.45) is 16.6. The van der Waals surface area contributed by atoms with Crippen LogP contribution in [0.5, 0.6) is 0 Å². The first-order valence-corrected chi connectivity index (χ1v) is 13.6. The van der Waals surface area contributed by atoms with Crippen LogP contribution in [0.1, 0.15) is 103 Å². The quantitative estimate of drug-likeness (QED) is 0.133. The molecule has 8 nitrogen and oxygen atoms in total. The third-order valence-corrected chi connectivity index (χ3v) is 5.95. The van der Waals surface area contributed by atoms with Crippen molar-refractivity contribution in [2.45, 2.75) is 109 Å². The van der Waals surface area contributed by atoms with Gasteiger partial charge in [-0.25, -0.2) is 0 Å². The molecule has 0 rings (SSSR count). The lowest BCUT2D eigenvalue weighted by Crippen LogP contribution is -2.52. The Morgan fingerprint density at radius 1 is 0.871 bits per heavy atom. The summed E-state index contributed by atoms with van der Waals surface area (Å²) < 4.78 is 25.3. The molecule has 2 atom stereocenters. The van der Waals surface area contributed by atoms with E-state index < -0.39 is 26.5 Å². The second-order valence-electron chi connectivity index (χ2n) is 8.11. The smallest absolute Gasteiger partial charge is 0.305 e. The van der Waals surface area contributed by atoms with Crippen LogP contribution in [-0.2, 0) is 23.1 Å². The van der Waals surface area contributed by atoms with Crippen LogP contribution in [0.15, 0.2) is 0 Å². The van der Waals surface area contributed by atoms with Crippen LogP contribution >= 0.6 is 7.82 Å². The van der Waals surface area contributed by atoms with Crippen LogP contribution < -0.4 is 10.6 Å². The number of esters is 1. The molecule has 0 heterocycles. The number of aliphatic hydroxyl groups excluding tert-OH is 1. The minimum Gasteiger partial charge on any atom is -0.756 e. The predicted molar refractivity (Wildman–Crippen MR) is 119 cm³/mol. The van der Waals surface area contributed by atoms with Gasteiger partial charge in [0.1, 0.15) is 19.3 Å². The van der Waals surface area contributed by atoms with Crippen LogP contribution in [0.4, 0.5) is 0 Å². The molecule has 0 aromatic carbocycles. The van der Waals surface area contributed by atoms with Gasteiger partial charge >= 0.3 is 5.97 Å². The molecule has 0 aliphatic rings. The minimum absolute atomic E-state index is 0.0783. The van der Waals surface area contributed by atoms with Gasteiger partial charge in [-0.3, -0.25) is 9.36 Å². The van der Waals surface area contributed by atoms with E-state index in [-0.39, 0.29) is 19.8 Å². The van der Waals surface area contributed by atoms with Crippen molar-refractivity contribution in [1.82, 2.24) is 0 Å². The second-order valence-corrected chi connectivity index (χ2v) is 9.52. The summed E-state index contributed by atoms with van der Waals surface area (Å²) in [7, 11) is -4.45. The van der Waals surface area contributed by atoms with Gasteiger partial charge in [0.2, 0.25) is 0 Å². The van der Waals surface area contributed by atoms with Gasteiger partial charge in [-0.05, 0) is 6.42 Å². The number of unbranched alkanes of at least 4 members (excludes halogenated alkanes) is 13. The summed E-state index contributed by atoms with van der Waals surface area (Å²) >= 11 is 0. The summed E-state index contributed by atoms with van der Waals surface area (Å²) in [6.45, 7) is 1.65. The normalized spacial score (nSPS) is 14.3. The second kappa shape index (κ2) is 21.4. The molecular formula is C22H46NO7P. The number of phosphoric ester groups is 1. The van der Waals surface area contributed by atoms with E-state index in [9.17, 15) is 19.4 Å². The van der Waals surface area contributed by atoms with Gasteiger partial charge in [0.15, 0.2) is 0 Å². The van der Waals surface area contributed by atoms with Gasteiger partial charge in [-0.15, -0.1) is 0 Å². The fourth-order valence-electron chi connectivity index (χ4n) is 3.16. The van der Waals surface area contributed by atoms with Crippen LogP contribution in [-0.4, -0.2) is 43.5 Å². The molecule has 31 heavy (non-hydrogen) atoms. The lowest BCUT2D eigenvalue weighted by Gasteiger charge is -2.23. The van der Waals surface area contributed by atoms with Gasteiger partial charge in [0, 0.05) is 6.42 Å². The lowest BCUT2D eigenvalue weighted by atomic mass is 10.0. The van der Waals surface area contributed by atoms with Gasteiger partial charge < -0.3 is 29.5 Å². The molecule has 0 amide bonds. The Kier molecular flexibility index (Phi) is 21.0. The fraction of sp³-hybridized carbons (Fsp3) is 0.955. The molecule has 0 spiro atoms. The van der Waals surface area contributed by atoms with Crippen molar-refractivity contribution in [3.63, 3.8) is 0 Å². The molecule has 0 aromatic rings. The van der Waals surface area contributed by atoms with E-state index >= 15 is 0 Å². The van der Waals surface area contributed by atoms with E-state index in [0.29, 0.717) is 6.42 Å². The maximum Gasteiger partial charge on any atom is 0.305 e. The zero-order chi connectivity index (χ0) is 23.2. The average Bonchev–Trinajstić information content (AvgIpc) is 2.75. The molecule has 1 unspecified atom stereocenters. The highest BCUT2D eigenvalue weighted by atomic mass is 31.2. The molecule has 0 fully saturated rings. The Morgan fingerprint density at radius 3 is 1.84 bits per heavy atom. The maximum atomic E-state index is 11.7. The predicted octanol–water partition coefficient (Wildman–Crippen LogP) is 3.51. The third-order valence-electron chi connectivity index (χ3n) is 4.99. The zero-order valence-electron chi connectivity index (χ0n) is 19.6. The Morgan fingerprint density at radius 2 is 1.35 bits per heavy atom. The van der Waals surface area contributed by atoms with Gasteiger partial charge in [-0.2, -0.15) is 0 Å². The molecule has 0 aromatic heterocycles. The Labute approximate surface area is 188 Å². The molecule has 9 heteroatoms. The highest BCUT2D eigenvalue weighted by molar-refractivity contribution is 7.45. The van der Waals surface area contributed by atoms with Gasteiger partial charge in [-0.1, -0.05) is 90.4 Å². The number of rotatable bonds is 23. The molecule has 4 N–H and O–H groups in total. The van der Waals surface area contributed by atoms with Crippen molar-refractivity contribution in [3.8, 4) is 0 Å². The fourth-order valence-corrected chi connectivity index (χ4v) is 3.95. The minimum atomic E-state index is -4.45. The summed E-state index contributed by atoms with van der Waals surface area (Å²) in [5.41, 5.74) is 3.45. The van der Waals surface area contributed by atoms with Crippen molar-refractivity contribution < 1.29 is 38.9 Å². The zero-order valence-corrected chi connectivity index (χ0v) is 20.5. The van der Waals surface area contributed by atoms with Gasteiger partial charge in [0.25, 0.3) is 7.82 Å². The highest BCUT2D eigenvalue weighted by Crippen LogP contribution is 2.37. The molecule has 0 radical (unpaired) electrons. The molecular weight excluding hydrogens is 421 g/mol. The SMILES string of the molecule is CCCCCCCCCCCCCCCCC(=O)OC[C@@H](O)COP(=O)([O-])OCC[NH3+]. The number of hydrogen-bond acceptors (Lipinski definition) is 7. The maximum absolute atomic E-state index is 11.7. The summed E-state index contributed by atoms with van der Waals surface area (Å²) in [5.74, 6) is -0.392. The Bertz CT molecular complexity index is 465. The number of aliphatic hydroxyl groups is 1. The van der Waals surface area contributed by atoms with E-state index in [1.54, 1.807) is 0 Å². The van der Waals surface area contributed by atoms with Crippen molar-refractivity contribution in [2.75, 3.05) is 26.4 Å². The molecule has 0 bridgehead atoms. The van der Waals surface area contributed by atoms with Crippen molar-refractivity contribution in [1.29, 1.82) is 0 Å². The van der Waals surface area contributed by atoms with Gasteiger partial charge in [0.05, 0.1) is 13.2 Å². The molecule has 0 saturated heterocycles. The Balaban J connectivity index is 3.43. The van der Waals surface area contributed by atoms with Crippen molar-refractivity contribution >= 4 is 13.8 Å². The van der Waals surface area contributed by atoms with Crippen LogP contribution in [0.25, 0.3) is 0 Å². The first kappa shape index (κ1) is 30.5. The standard InChI is InChI=1S/C22H46NO7P/c1-2-3-4-5-6-7-8-9-10-11-12-13-14-15-16-22(25)28-19-21(24)20-30-31(26,27)29-18-17-23/h21,24H,2-20,23H2,1H3,(H,26,27)/t21-/m1/s1. The molecule has 0 saturated carbocycles. The molecule has 0 aliphatic carbocycles. The van der Waals surface area contributed by atoms with E-state index in [2.05, 4.69) is 21.7 Å². The van der Waals surface area contributed by atoms with E-state index in [1.807, 2.05) is 0 Å². The number of carbonyl (C=O) groups is 1. The topological polar surface area (TPSA) is 133 Å². The number of hydrogen-bond donors (Lipinski definition) is 2. The first-order valence-electron chi connectivity index (χ1n) is 12.1. The van der Waals surface area contributed by atoms with E-state index in [1.165, 1.54) is 70.6 Å². The third kappa shape index (κ3) is 22.5. The number of phosphoric acid groups is 1. The van der Waals surface area contributed by atoms with Crippen LogP contribution in [0, 0.1) is 0 Å². The summed E-state index contributed by atoms with van der Waals surface area (Å²) in [4.78, 5) is 23.0. The van der Waals surface area contributed by atoms with Crippen molar-refractivity contribution in [3.05, 3.63) is 0 Å². The first-order chi connectivity index (χ1) is 14.9. The monoisotopic (exact) mass is 467 g/mol. The van der Waals surface area contributed by atoms with Crippen molar-refractivity contribution in [2.24, 2.45) is 0 Å². The lowest BCUT2D eigenvalue weighted by molar-refractivity contribution is -0.373. The number of ether oxygens (including phenoxy) is 1. The summed E-state index contributed by atoms with van der Waals surface area (Å²) in [5, 5.41) is 9.65. The number of carbonyl (C=O) groups excluding carboxylic acids is 1. The Hall–Kier alpha value is -0.500. The van der Waals surface area contributed by atoms with E-state index in [0.717, 1.165) is 19.3 Å². The number of quaternary nitrogens is 1. The highest BCUT2D eigenvalue weighted by Gasteiger charge is 2.15. The van der Waals surface area contributed by atoms with E-state index in [4.69, 9.17) is 4.74 Å². The van der Waals surface area contributed by atoms with Crippen LogP contribution in [0.2, 0.25) is 0 Å². The van der Waals surface area contributed by atoms with Crippen LogP contribution in [0.3, 0.4) is 0 Å². The molecule has 0 aliphatic heterocycles. The molecule has 186 valence electrons. The largest absolute Gasteiger partial charge is 0.756 e. The summed E-state index contributed by atoms with van der Waals surface area (Å²) in [6, 6.07) is 0. The average molecular weight is 468 g/mol.